The third-order valence-corrected chi connectivity index (χ3v) is 8.77. The fraction of sp³-hybridized carbons (Fsp3) is 0.316. The lowest BCUT2D eigenvalue weighted by molar-refractivity contribution is 0.142. The van der Waals surface area contributed by atoms with Gasteiger partial charge in [-0.1, -0.05) is 53.7 Å². The quantitative estimate of drug-likeness (QED) is 0.276. The van der Waals surface area contributed by atoms with Crippen molar-refractivity contribution in [3.05, 3.63) is 118 Å². The second kappa shape index (κ2) is 9.86. The lowest BCUT2D eigenvalue weighted by Crippen LogP contribution is -2.17. The SMILES string of the molecule is CC(C)(C)c1ccc2c(c1)/C(=C1\COCc3cc4c(cc31)COC/C4=C1/C=COc3ccc(C(C)(C)C)cc31)C=CO2. The van der Waals surface area contributed by atoms with Crippen LogP contribution in [0, 0.1) is 0 Å². The molecule has 42 heavy (non-hydrogen) atoms. The van der Waals surface area contributed by atoms with Crippen LogP contribution in [-0.4, -0.2) is 13.2 Å². The lowest BCUT2D eigenvalue weighted by Gasteiger charge is -2.30. The number of benzene rings is 3. The van der Waals surface area contributed by atoms with Crippen molar-refractivity contribution >= 4 is 22.3 Å². The molecule has 0 amide bonds. The molecule has 0 atom stereocenters. The average molecular weight is 559 g/mol. The molecule has 0 aliphatic carbocycles. The highest BCUT2D eigenvalue weighted by atomic mass is 16.5. The Kier molecular flexibility index (Phi) is 6.34. The second-order valence-corrected chi connectivity index (χ2v) is 13.7. The first-order valence-electron chi connectivity index (χ1n) is 14.8. The molecule has 0 saturated heterocycles. The van der Waals surface area contributed by atoms with E-state index >= 15 is 0 Å². The van der Waals surface area contributed by atoms with Gasteiger partial charge < -0.3 is 18.9 Å². The van der Waals surface area contributed by atoms with Crippen LogP contribution >= 0.6 is 0 Å². The second-order valence-electron chi connectivity index (χ2n) is 13.7. The molecule has 7 rings (SSSR count). The molecular weight excluding hydrogens is 520 g/mol. The van der Waals surface area contributed by atoms with E-state index in [0.717, 1.165) is 33.8 Å². The number of hydrogen-bond donors (Lipinski definition) is 0. The van der Waals surface area contributed by atoms with Crippen LogP contribution in [0.1, 0.15) is 86.1 Å². The third-order valence-electron chi connectivity index (χ3n) is 8.77. The van der Waals surface area contributed by atoms with E-state index in [9.17, 15) is 0 Å². The fourth-order valence-corrected chi connectivity index (χ4v) is 6.29. The summed E-state index contributed by atoms with van der Waals surface area (Å²) in [6.45, 7) is 15.8. The van der Waals surface area contributed by atoms with Crippen molar-refractivity contribution in [1.82, 2.24) is 0 Å². The molecule has 0 fully saturated rings. The van der Waals surface area contributed by atoms with Gasteiger partial charge in [0.05, 0.1) is 39.0 Å². The number of fused-ring (bicyclic) bond motifs is 4. The highest BCUT2D eigenvalue weighted by molar-refractivity contribution is 6.02. The maximum absolute atomic E-state index is 6.24. The first-order chi connectivity index (χ1) is 20.1. The highest BCUT2D eigenvalue weighted by Crippen LogP contribution is 2.45. The minimum absolute atomic E-state index is 0.0398. The molecule has 0 bridgehead atoms. The van der Waals surface area contributed by atoms with E-state index < -0.39 is 0 Å². The van der Waals surface area contributed by atoms with Crippen LogP contribution in [0.4, 0.5) is 0 Å². The predicted molar refractivity (Wildman–Crippen MR) is 169 cm³/mol. The lowest BCUT2D eigenvalue weighted by atomic mass is 9.81. The summed E-state index contributed by atoms with van der Waals surface area (Å²) in [5.74, 6) is 1.76. The van der Waals surface area contributed by atoms with E-state index in [4.69, 9.17) is 18.9 Å². The number of rotatable bonds is 0. The maximum Gasteiger partial charge on any atom is 0.134 e. The summed E-state index contributed by atoms with van der Waals surface area (Å²) < 4.78 is 24.3. The summed E-state index contributed by atoms with van der Waals surface area (Å²) >= 11 is 0. The predicted octanol–water partition coefficient (Wildman–Crippen LogP) is 8.98. The van der Waals surface area contributed by atoms with Crippen LogP contribution in [0.3, 0.4) is 0 Å². The Morgan fingerprint density at radius 3 is 1.33 bits per heavy atom. The van der Waals surface area contributed by atoms with E-state index in [0.29, 0.717) is 26.4 Å². The van der Waals surface area contributed by atoms with Gasteiger partial charge >= 0.3 is 0 Å². The zero-order valence-corrected chi connectivity index (χ0v) is 25.4. The van der Waals surface area contributed by atoms with Crippen molar-refractivity contribution in [2.75, 3.05) is 13.2 Å². The van der Waals surface area contributed by atoms with Gasteiger partial charge in [-0.2, -0.15) is 0 Å². The third kappa shape index (κ3) is 4.63. The minimum atomic E-state index is 0.0398. The van der Waals surface area contributed by atoms with Crippen LogP contribution in [0.5, 0.6) is 11.5 Å². The fourth-order valence-electron chi connectivity index (χ4n) is 6.29. The summed E-state index contributed by atoms with van der Waals surface area (Å²) in [7, 11) is 0. The summed E-state index contributed by atoms with van der Waals surface area (Å²) in [4.78, 5) is 0. The summed E-state index contributed by atoms with van der Waals surface area (Å²) in [5, 5.41) is 0. The topological polar surface area (TPSA) is 36.9 Å². The molecule has 0 unspecified atom stereocenters. The Bertz CT molecular complexity index is 1600. The van der Waals surface area contributed by atoms with E-state index in [2.05, 4.69) is 102 Å². The van der Waals surface area contributed by atoms with Crippen molar-refractivity contribution in [2.24, 2.45) is 0 Å². The van der Waals surface area contributed by atoms with Crippen molar-refractivity contribution in [3.8, 4) is 11.5 Å². The summed E-state index contributed by atoms with van der Waals surface area (Å²) in [5.41, 5.74) is 14.5. The van der Waals surface area contributed by atoms with E-state index in [1.165, 1.54) is 44.5 Å². The maximum atomic E-state index is 6.24. The summed E-state index contributed by atoms with van der Waals surface area (Å²) in [6.07, 6.45) is 7.76. The van der Waals surface area contributed by atoms with Crippen LogP contribution in [-0.2, 0) is 33.5 Å². The van der Waals surface area contributed by atoms with Crippen molar-refractivity contribution < 1.29 is 18.9 Å². The standard InChI is InChI=1S/C38H38O4/c1-37(2,3)25-7-9-35-31(17-25)27(11-13-41-35)33-21-39-19-23-16-30-24(15-29(23)33)20-40-22-34(30)28-12-14-42-36-10-8-26(18-32(28)36)38(4,5)6/h7-18H,19-22H2,1-6H3/b33-27+,34-28+. The zero-order valence-electron chi connectivity index (χ0n) is 25.4. The number of ether oxygens (including phenoxy) is 4. The highest BCUT2D eigenvalue weighted by Gasteiger charge is 2.29. The molecule has 4 aliphatic heterocycles. The van der Waals surface area contributed by atoms with E-state index in [-0.39, 0.29) is 10.8 Å². The van der Waals surface area contributed by atoms with Crippen molar-refractivity contribution in [1.29, 1.82) is 0 Å². The molecule has 3 aromatic rings. The molecule has 0 radical (unpaired) electrons. The minimum Gasteiger partial charge on any atom is -0.464 e. The normalized spacial score (nSPS) is 21.1. The molecule has 4 aliphatic rings. The first kappa shape index (κ1) is 27.0. The Labute approximate surface area is 249 Å². The van der Waals surface area contributed by atoms with E-state index in [1.54, 1.807) is 12.5 Å². The van der Waals surface area contributed by atoms with Crippen LogP contribution in [0.2, 0.25) is 0 Å². The van der Waals surface area contributed by atoms with Gasteiger partial charge in [-0.05, 0) is 115 Å². The van der Waals surface area contributed by atoms with E-state index in [1.807, 2.05) is 0 Å². The number of allylic oxidation sites excluding steroid dienone is 4. The largest absolute Gasteiger partial charge is 0.464 e. The Hall–Kier alpha value is -3.86. The monoisotopic (exact) mass is 558 g/mol. The van der Waals surface area contributed by atoms with Gasteiger partial charge in [0.15, 0.2) is 0 Å². The van der Waals surface area contributed by atoms with Crippen molar-refractivity contribution in [2.45, 2.75) is 65.6 Å². The molecule has 4 heterocycles. The molecule has 0 saturated carbocycles. The van der Waals surface area contributed by atoms with Gasteiger partial charge in [0.1, 0.15) is 11.5 Å². The molecule has 214 valence electrons. The van der Waals surface area contributed by atoms with Crippen LogP contribution < -0.4 is 9.47 Å². The molecular formula is C38H38O4. The molecule has 0 N–H and O–H groups in total. The van der Waals surface area contributed by atoms with Gasteiger partial charge in [-0.3, -0.25) is 0 Å². The number of hydrogen-bond acceptors (Lipinski definition) is 4. The molecule has 4 nitrogen and oxygen atoms in total. The van der Waals surface area contributed by atoms with Crippen LogP contribution in [0.15, 0.2) is 73.2 Å². The smallest absolute Gasteiger partial charge is 0.134 e. The van der Waals surface area contributed by atoms with Gasteiger partial charge in [-0.15, -0.1) is 0 Å². The average Bonchev–Trinajstić information content (AvgIpc) is 2.97. The molecule has 4 heteroatoms. The first-order valence-corrected chi connectivity index (χ1v) is 14.8. The van der Waals surface area contributed by atoms with Gasteiger partial charge in [0.2, 0.25) is 0 Å². The van der Waals surface area contributed by atoms with Gasteiger partial charge in [0, 0.05) is 11.1 Å². The van der Waals surface area contributed by atoms with Crippen molar-refractivity contribution in [3.63, 3.8) is 0 Å². The molecule has 0 aromatic heterocycles. The Morgan fingerprint density at radius 1 is 0.500 bits per heavy atom. The van der Waals surface area contributed by atoms with Crippen LogP contribution in [0.25, 0.3) is 22.3 Å². The van der Waals surface area contributed by atoms with Gasteiger partial charge in [0.25, 0.3) is 0 Å². The Morgan fingerprint density at radius 2 is 0.929 bits per heavy atom. The molecule has 3 aromatic carbocycles. The molecule has 0 spiro atoms. The van der Waals surface area contributed by atoms with Gasteiger partial charge in [-0.25, -0.2) is 0 Å². The zero-order chi connectivity index (χ0) is 29.2. The Balaban J connectivity index is 1.38. The summed E-state index contributed by atoms with van der Waals surface area (Å²) in [6, 6.07) is 17.7.